The lowest BCUT2D eigenvalue weighted by molar-refractivity contribution is 0.136. The summed E-state index contributed by atoms with van der Waals surface area (Å²) in [5, 5.41) is 16.4. The number of hydrogen-bond acceptors (Lipinski definition) is 2. The molecule has 4 nitrogen and oxygen atoms in total. The third-order valence-corrected chi connectivity index (χ3v) is 3.44. The molecule has 3 atom stereocenters. The summed E-state index contributed by atoms with van der Waals surface area (Å²) in [7, 11) is 0. The number of guanidine groups is 1. The predicted molar refractivity (Wildman–Crippen MR) is 72.2 cm³/mol. The molecule has 1 aliphatic carbocycles. The highest BCUT2D eigenvalue weighted by atomic mass is 16.3. The second-order valence-corrected chi connectivity index (χ2v) is 4.93. The second kappa shape index (κ2) is 7.54. The first kappa shape index (κ1) is 14.3. The Labute approximate surface area is 105 Å². The third kappa shape index (κ3) is 4.94. The Balaban J connectivity index is 2.44. The highest BCUT2D eigenvalue weighted by Gasteiger charge is 2.24. The van der Waals surface area contributed by atoms with Crippen LogP contribution < -0.4 is 10.6 Å². The third-order valence-electron chi connectivity index (χ3n) is 3.44. The molecule has 1 fully saturated rings. The van der Waals surface area contributed by atoms with Crippen molar-refractivity contribution in [3.63, 3.8) is 0 Å². The zero-order valence-electron chi connectivity index (χ0n) is 11.4. The molecule has 100 valence electrons. The Kier molecular flexibility index (Phi) is 6.34. The summed E-state index contributed by atoms with van der Waals surface area (Å²) in [5.74, 6) is 1.23. The Morgan fingerprint density at radius 2 is 2.18 bits per heavy atom. The molecule has 4 heteroatoms. The monoisotopic (exact) mass is 241 g/mol. The van der Waals surface area contributed by atoms with Gasteiger partial charge in [0.25, 0.3) is 0 Å². The quantitative estimate of drug-likeness (QED) is 0.505. The molecule has 1 saturated carbocycles. The normalized spacial score (nSPS) is 26.9. The average Bonchev–Trinajstić information content (AvgIpc) is 2.72. The van der Waals surface area contributed by atoms with E-state index in [0.717, 1.165) is 44.7 Å². The zero-order chi connectivity index (χ0) is 12.7. The van der Waals surface area contributed by atoms with Crippen LogP contribution in [0.25, 0.3) is 0 Å². The van der Waals surface area contributed by atoms with Gasteiger partial charge in [0.2, 0.25) is 0 Å². The summed E-state index contributed by atoms with van der Waals surface area (Å²) < 4.78 is 0. The number of nitrogens with zero attached hydrogens (tertiary/aromatic N) is 1. The first-order chi connectivity index (χ1) is 8.17. The van der Waals surface area contributed by atoms with Crippen LogP contribution in [0.2, 0.25) is 0 Å². The van der Waals surface area contributed by atoms with Crippen LogP contribution in [0.15, 0.2) is 4.99 Å². The lowest BCUT2D eigenvalue weighted by atomic mass is 10.1. The van der Waals surface area contributed by atoms with E-state index in [4.69, 9.17) is 0 Å². The first-order valence-corrected chi connectivity index (χ1v) is 6.90. The number of rotatable bonds is 5. The Bertz CT molecular complexity index is 243. The summed E-state index contributed by atoms with van der Waals surface area (Å²) in [6.45, 7) is 7.97. The molecule has 0 spiro atoms. The molecule has 0 radical (unpaired) electrons. The number of hydrogen-bond donors (Lipinski definition) is 3. The van der Waals surface area contributed by atoms with E-state index < -0.39 is 0 Å². The fourth-order valence-corrected chi connectivity index (χ4v) is 2.09. The van der Waals surface area contributed by atoms with Crippen LogP contribution in [0.3, 0.4) is 0 Å². The van der Waals surface area contributed by atoms with Gasteiger partial charge in [-0.05, 0) is 33.1 Å². The fourth-order valence-electron chi connectivity index (χ4n) is 2.09. The Morgan fingerprint density at radius 3 is 2.71 bits per heavy atom. The van der Waals surface area contributed by atoms with Crippen LogP contribution in [-0.4, -0.2) is 36.3 Å². The van der Waals surface area contributed by atoms with E-state index in [1.807, 2.05) is 0 Å². The van der Waals surface area contributed by atoms with Crippen molar-refractivity contribution in [3.8, 4) is 0 Å². The van der Waals surface area contributed by atoms with Crippen molar-refractivity contribution in [1.82, 2.24) is 10.6 Å². The van der Waals surface area contributed by atoms with Gasteiger partial charge in [-0.3, -0.25) is 4.99 Å². The van der Waals surface area contributed by atoms with Crippen LogP contribution >= 0.6 is 0 Å². The van der Waals surface area contributed by atoms with E-state index in [0.29, 0.717) is 12.0 Å². The van der Waals surface area contributed by atoms with E-state index in [1.54, 1.807) is 0 Å². The van der Waals surface area contributed by atoms with Crippen LogP contribution in [0, 0.1) is 5.92 Å². The van der Waals surface area contributed by atoms with Gasteiger partial charge in [-0.2, -0.15) is 0 Å². The lowest BCUT2D eigenvalue weighted by Crippen LogP contribution is -2.42. The van der Waals surface area contributed by atoms with Crippen LogP contribution in [0.5, 0.6) is 0 Å². The maximum Gasteiger partial charge on any atom is 0.191 e. The minimum Gasteiger partial charge on any atom is -0.393 e. The highest BCUT2D eigenvalue weighted by molar-refractivity contribution is 5.80. The van der Waals surface area contributed by atoms with Gasteiger partial charge >= 0.3 is 0 Å². The molecule has 0 saturated heterocycles. The molecular weight excluding hydrogens is 214 g/mol. The molecule has 0 aromatic carbocycles. The zero-order valence-corrected chi connectivity index (χ0v) is 11.4. The molecule has 1 rings (SSSR count). The first-order valence-electron chi connectivity index (χ1n) is 6.90. The van der Waals surface area contributed by atoms with Gasteiger partial charge in [-0.15, -0.1) is 0 Å². The molecule has 0 aromatic rings. The summed E-state index contributed by atoms with van der Waals surface area (Å²) in [6, 6.07) is 0.432. The second-order valence-electron chi connectivity index (χ2n) is 4.93. The van der Waals surface area contributed by atoms with Crippen molar-refractivity contribution >= 4 is 5.96 Å². The van der Waals surface area contributed by atoms with Crippen molar-refractivity contribution in [3.05, 3.63) is 0 Å². The van der Waals surface area contributed by atoms with E-state index in [2.05, 4.69) is 36.4 Å². The van der Waals surface area contributed by atoms with Gasteiger partial charge in [0.15, 0.2) is 5.96 Å². The smallest absolute Gasteiger partial charge is 0.191 e. The van der Waals surface area contributed by atoms with Gasteiger partial charge in [0.1, 0.15) is 0 Å². The summed E-state index contributed by atoms with van der Waals surface area (Å²) in [5.41, 5.74) is 0. The molecule has 0 bridgehead atoms. The number of aliphatic imine (C=N–C) groups is 1. The predicted octanol–water partition coefficient (Wildman–Crippen LogP) is 1.50. The molecular formula is C13H27N3O. The van der Waals surface area contributed by atoms with E-state index >= 15 is 0 Å². The number of aliphatic hydroxyl groups excluding tert-OH is 1. The van der Waals surface area contributed by atoms with E-state index in [9.17, 15) is 5.11 Å². The van der Waals surface area contributed by atoms with Crippen molar-refractivity contribution in [2.45, 2.75) is 58.6 Å². The van der Waals surface area contributed by atoms with Gasteiger partial charge in [0, 0.05) is 25.0 Å². The van der Waals surface area contributed by atoms with Crippen molar-refractivity contribution < 1.29 is 5.11 Å². The molecule has 3 N–H and O–H groups in total. The average molecular weight is 241 g/mol. The van der Waals surface area contributed by atoms with E-state index in [-0.39, 0.29) is 6.10 Å². The summed E-state index contributed by atoms with van der Waals surface area (Å²) in [4.78, 5) is 4.57. The molecule has 3 unspecified atom stereocenters. The lowest BCUT2D eigenvalue weighted by Gasteiger charge is -2.18. The molecule has 0 amide bonds. The van der Waals surface area contributed by atoms with Crippen LogP contribution in [-0.2, 0) is 0 Å². The fraction of sp³-hybridized carbons (Fsp3) is 0.923. The maximum absolute atomic E-state index is 9.75. The highest BCUT2D eigenvalue weighted by Crippen LogP contribution is 2.25. The minimum atomic E-state index is -0.148. The number of aliphatic hydroxyl groups is 1. The van der Waals surface area contributed by atoms with Gasteiger partial charge in [-0.1, -0.05) is 13.3 Å². The molecule has 1 aliphatic rings. The molecule has 0 heterocycles. The molecule has 0 aromatic heterocycles. The van der Waals surface area contributed by atoms with Gasteiger partial charge < -0.3 is 15.7 Å². The van der Waals surface area contributed by atoms with Gasteiger partial charge in [0.05, 0.1) is 6.10 Å². The minimum absolute atomic E-state index is 0.148. The standard InChI is InChI=1S/C13H27N3O/c1-4-10(3)16-13(14-5-2)15-9-11-7-6-8-12(11)17/h10-12,17H,4-9H2,1-3H3,(H2,14,15,16). The van der Waals surface area contributed by atoms with Crippen molar-refractivity contribution in [2.24, 2.45) is 10.9 Å². The summed E-state index contributed by atoms with van der Waals surface area (Å²) >= 11 is 0. The SMILES string of the molecule is CCNC(=NCC1CCCC1O)NC(C)CC. The Hall–Kier alpha value is -0.770. The van der Waals surface area contributed by atoms with Gasteiger partial charge in [-0.25, -0.2) is 0 Å². The van der Waals surface area contributed by atoms with E-state index in [1.165, 1.54) is 0 Å². The number of nitrogens with one attached hydrogen (secondary N) is 2. The van der Waals surface area contributed by atoms with Crippen LogP contribution in [0.4, 0.5) is 0 Å². The summed E-state index contributed by atoms with van der Waals surface area (Å²) in [6.07, 6.45) is 4.11. The maximum atomic E-state index is 9.75. The largest absolute Gasteiger partial charge is 0.393 e. The molecule has 0 aliphatic heterocycles. The Morgan fingerprint density at radius 1 is 1.41 bits per heavy atom. The van der Waals surface area contributed by atoms with Crippen LogP contribution in [0.1, 0.15) is 46.5 Å². The topological polar surface area (TPSA) is 56.7 Å². The molecule has 17 heavy (non-hydrogen) atoms. The van der Waals surface area contributed by atoms with Crippen molar-refractivity contribution in [2.75, 3.05) is 13.1 Å². The van der Waals surface area contributed by atoms with Crippen molar-refractivity contribution in [1.29, 1.82) is 0 Å².